The Morgan fingerprint density at radius 2 is 1.66 bits per heavy atom. The molecule has 1 aliphatic heterocycles. The quantitative estimate of drug-likeness (QED) is 0.135. The third-order valence-corrected chi connectivity index (χ3v) is 13.9. The van der Waals surface area contributed by atoms with Gasteiger partial charge in [0.25, 0.3) is 0 Å². The van der Waals surface area contributed by atoms with E-state index in [-0.39, 0.29) is 29.8 Å². The van der Waals surface area contributed by atoms with Gasteiger partial charge in [-0.25, -0.2) is 8.42 Å². The van der Waals surface area contributed by atoms with Crippen LogP contribution in [0.3, 0.4) is 0 Å². The van der Waals surface area contributed by atoms with Crippen LogP contribution in [-0.2, 0) is 39.7 Å². The number of carbonyl (C=O) groups excluding carboxylic acids is 1. The monoisotopic (exact) mass is 837 g/mol. The number of aryl methyl sites for hydroxylation is 1. The first-order valence-electron chi connectivity index (χ1n) is 19.3. The van der Waals surface area contributed by atoms with Gasteiger partial charge in [-0.2, -0.15) is 17.5 Å². The number of nitrogens with one attached hydrogen (secondary N) is 1. The summed E-state index contributed by atoms with van der Waals surface area (Å²) in [6.07, 6.45) is 0.201. The van der Waals surface area contributed by atoms with Gasteiger partial charge in [-0.3, -0.25) is 4.79 Å². The number of halogens is 4. The molecule has 0 bridgehead atoms. The van der Waals surface area contributed by atoms with E-state index in [1.807, 2.05) is 42.5 Å². The normalized spacial score (nSPS) is 20.8. The van der Waals surface area contributed by atoms with Gasteiger partial charge < -0.3 is 24.4 Å². The van der Waals surface area contributed by atoms with Gasteiger partial charge in [0.1, 0.15) is 17.2 Å². The number of hydrogen-bond acceptors (Lipinski definition) is 7. The van der Waals surface area contributed by atoms with E-state index in [1.54, 1.807) is 56.7 Å². The first-order valence-corrected chi connectivity index (χ1v) is 21.1. The maximum absolute atomic E-state index is 14.9. The van der Waals surface area contributed by atoms with Crippen LogP contribution in [0, 0.1) is 11.8 Å². The molecule has 0 radical (unpaired) electrons. The van der Waals surface area contributed by atoms with Crippen LogP contribution >= 0.6 is 11.6 Å². The lowest BCUT2D eigenvalue weighted by Crippen LogP contribution is -2.53. The molecule has 1 saturated carbocycles. The maximum Gasteiger partial charge on any atom is 0.471 e. The van der Waals surface area contributed by atoms with Gasteiger partial charge in [0, 0.05) is 36.6 Å². The lowest BCUT2D eigenvalue weighted by atomic mass is 9.68. The highest BCUT2D eigenvalue weighted by Gasteiger charge is 2.46. The molecule has 7 rings (SSSR count). The molecular weight excluding hydrogens is 791 g/mol. The second kappa shape index (κ2) is 16.9. The number of rotatable bonds is 13. The highest BCUT2D eigenvalue weighted by atomic mass is 35.5. The van der Waals surface area contributed by atoms with Gasteiger partial charge in [0.15, 0.2) is 0 Å². The number of nitrogens with zero attached hydrogens (tertiary/aromatic N) is 2. The molecule has 1 fully saturated rings. The van der Waals surface area contributed by atoms with Crippen molar-refractivity contribution in [1.29, 1.82) is 0 Å². The van der Waals surface area contributed by atoms with E-state index in [9.17, 15) is 26.4 Å². The third-order valence-electron chi connectivity index (χ3n) is 11.9. The second-order valence-corrected chi connectivity index (χ2v) is 17.8. The van der Waals surface area contributed by atoms with Gasteiger partial charge in [0.2, 0.25) is 10.0 Å². The average molecular weight is 838 g/mol. The van der Waals surface area contributed by atoms with Crippen LogP contribution in [0.15, 0.2) is 102 Å². The van der Waals surface area contributed by atoms with Gasteiger partial charge in [-0.05, 0) is 121 Å². The van der Waals surface area contributed by atoms with Crippen molar-refractivity contribution < 1.29 is 40.6 Å². The van der Waals surface area contributed by atoms with Crippen molar-refractivity contribution in [2.45, 2.75) is 67.7 Å². The number of amides is 1. The summed E-state index contributed by atoms with van der Waals surface area (Å²) in [6.45, 7) is 5.11. The average Bonchev–Trinajstić information content (AvgIpc) is 3.35. The van der Waals surface area contributed by atoms with E-state index >= 15 is 0 Å². The fraction of sp³-hybridized carbons (Fsp3) is 0.386. The van der Waals surface area contributed by atoms with E-state index in [1.165, 1.54) is 10.4 Å². The minimum Gasteiger partial charge on any atom is -0.497 e. The number of benzene rings is 4. The van der Waals surface area contributed by atoms with E-state index in [0.29, 0.717) is 60.5 Å². The fourth-order valence-electron chi connectivity index (χ4n) is 8.65. The largest absolute Gasteiger partial charge is 0.497 e. The molecular formula is C44H47ClF3N3O6S. The van der Waals surface area contributed by atoms with Gasteiger partial charge in [0.05, 0.1) is 37.5 Å². The Bertz CT molecular complexity index is 2190. The molecule has 3 aliphatic rings. The summed E-state index contributed by atoms with van der Waals surface area (Å²) >= 11 is 6.45. The fourth-order valence-corrected chi connectivity index (χ4v) is 10.3. The zero-order valence-corrected chi connectivity index (χ0v) is 34.0. The van der Waals surface area contributed by atoms with Crippen molar-refractivity contribution in [1.82, 2.24) is 9.62 Å². The number of anilines is 1. The minimum absolute atomic E-state index is 0.0696. The van der Waals surface area contributed by atoms with E-state index in [2.05, 4.69) is 16.8 Å². The smallest absolute Gasteiger partial charge is 0.471 e. The summed E-state index contributed by atoms with van der Waals surface area (Å²) in [5.41, 5.74) is 3.87. The highest BCUT2D eigenvalue weighted by molar-refractivity contribution is 7.89. The number of sulfonamides is 1. The third kappa shape index (κ3) is 8.67. The zero-order valence-electron chi connectivity index (χ0n) is 32.4. The van der Waals surface area contributed by atoms with E-state index < -0.39 is 33.6 Å². The Kier molecular flexibility index (Phi) is 12.1. The van der Waals surface area contributed by atoms with Crippen molar-refractivity contribution in [2.24, 2.45) is 11.8 Å². The molecule has 1 unspecified atom stereocenters. The highest BCUT2D eigenvalue weighted by Crippen LogP contribution is 2.47. The van der Waals surface area contributed by atoms with Crippen LogP contribution in [0.4, 0.5) is 18.9 Å². The van der Waals surface area contributed by atoms with E-state index in [4.69, 9.17) is 25.8 Å². The van der Waals surface area contributed by atoms with Crippen LogP contribution in [0.1, 0.15) is 47.9 Å². The lowest BCUT2D eigenvalue weighted by molar-refractivity contribution is -0.174. The molecule has 4 atom stereocenters. The second-order valence-electron chi connectivity index (χ2n) is 15.4. The molecule has 9 nitrogen and oxygen atoms in total. The first kappa shape index (κ1) is 41.4. The predicted octanol–water partition coefficient (Wildman–Crippen LogP) is 8.48. The predicted molar refractivity (Wildman–Crippen MR) is 217 cm³/mol. The molecule has 1 heterocycles. The van der Waals surface area contributed by atoms with Crippen LogP contribution in [0.25, 0.3) is 0 Å². The number of carbonyl (C=O) groups is 1. The molecule has 58 heavy (non-hydrogen) atoms. The number of fused-ring (bicyclic) bond motifs is 3. The summed E-state index contributed by atoms with van der Waals surface area (Å²) in [6, 6.07) is 24.4. The lowest BCUT2D eigenvalue weighted by Gasteiger charge is -2.46. The standard InChI is InChI=1S/C44H47ClF3N3O6S/c1-4-39(49-42(52)44(46,47)48)37-18-11-32(37)26-50-27-43(21-5-6-31-22-33(45)12-19-38(31)43)28-57-41-20-17-36(23-40(41)50)58(53,54)51(24-29-7-13-34(55-2)14-8-29)25-30-9-15-35(56-3)16-10-30/h4,7-10,12-17,19-20,22-23,32,37,39H,1,5-6,11,18,21,24-28H2,2-3H3,(H,49,52)/t32-,37+,39?,43-/m0/s1. The first-order chi connectivity index (χ1) is 27.7. The molecule has 1 spiro atoms. The van der Waals surface area contributed by atoms with Crippen LogP contribution in [-0.4, -0.2) is 64.8 Å². The van der Waals surface area contributed by atoms with Gasteiger partial charge in [-0.1, -0.05) is 48.0 Å². The Labute approximate surface area is 342 Å². The summed E-state index contributed by atoms with van der Waals surface area (Å²) in [5, 5.41) is 2.78. The van der Waals surface area contributed by atoms with Crippen molar-refractivity contribution >= 4 is 33.2 Å². The SMILES string of the molecule is C=CC(NC(=O)C(F)(F)F)[C@@H]1CC[C@H]1CN1C[C@@]2(CCCc3cc(Cl)ccc32)COc2ccc(S(=O)(=O)N(Cc3ccc(OC)cc3)Cc3ccc(OC)cc3)cc21. The van der Waals surface area contributed by atoms with Crippen molar-refractivity contribution in [2.75, 3.05) is 38.8 Å². The summed E-state index contributed by atoms with van der Waals surface area (Å²) in [5.74, 6) is -0.629. The molecule has 4 aromatic rings. The molecule has 308 valence electrons. The summed E-state index contributed by atoms with van der Waals surface area (Å²) in [7, 11) is -1.01. The van der Waals surface area contributed by atoms with Gasteiger partial charge in [-0.15, -0.1) is 6.58 Å². The molecule has 2 aliphatic carbocycles. The molecule has 0 aromatic heterocycles. The topological polar surface area (TPSA) is 97.4 Å². The molecule has 1 N–H and O–H groups in total. The summed E-state index contributed by atoms with van der Waals surface area (Å²) in [4.78, 5) is 14.2. The molecule has 0 saturated heterocycles. The number of hydrogen-bond donors (Lipinski definition) is 1. The van der Waals surface area contributed by atoms with Crippen LogP contribution < -0.4 is 24.4 Å². The van der Waals surface area contributed by atoms with Crippen molar-refractivity contribution in [3.05, 3.63) is 125 Å². The van der Waals surface area contributed by atoms with Crippen LogP contribution in [0.2, 0.25) is 5.02 Å². The number of ether oxygens (including phenoxy) is 3. The number of alkyl halides is 3. The maximum atomic E-state index is 14.9. The number of methoxy groups -OCH3 is 2. The van der Waals surface area contributed by atoms with Gasteiger partial charge >= 0.3 is 12.1 Å². The van der Waals surface area contributed by atoms with Crippen molar-refractivity contribution in [3.63, 3.8) is 0 Å². The summed E-state index contributed by atoms with van der Waals surface area (Å²) < 4.78 is 88.4. The molecule has 1 amide bonds. The molecule has 4 aromatic carbocycles. The van der Waals surface area contributed by atoms with E-state index in [0.717, 1.165) is 41.5 Å². The zero-order chi connectivity index (χ0) is 41.2. The molecule has 14 heteroatoms. The Morgan fingerprint density at radius 1 is 1.00 bits per heavy atom. The Hall–Kier alpha value is -4.72. The Balaban J connectivity index is 1.26. The van der Waals surface area contributed by atoms with Crippen LogP contribution in [0.5, 0.6) is 17.2 Å². The van der Waals surface area contributed by atoms with Crippen molar-refractivity contribution in [3.8, 4) is 17.2 Å². The minimum atomic E-state index is -5.03. The Morgan fingerprint density at radius 3 is 2.22 bits per heavy atom.